The van der Waals surface area contributed by atoms with Gasteiger partial charge in [-0.2, -0.15) is 5.10 Å². The summed E-state index contributed by atoms with van der Waals surface area (Å²) in [5, 5.41) is 4.48. The van der Waals surface area contributed by atoms with Gasteiger partial charge >= 0.3 is 0 Å². The van der Waals surface area contributed by atoms with E-state index in [2.05, 4.69) is 50.8 Å². The average molecular weight is 329 g/mol. The Morgan fingerprint density at radius 2 is 2.12 bits per heavy atom. The molecule has 0 fully saturated rings. The summed E-state index contributed by atoms with van der Waals surface area (Å²) in [7, 11) is 4.14. The number of aromatic nitrogens is 3. The van der Waals surface area contributed by atoms with Gasteiger partial charge in [0.25, 0.3) is 0 Å². The smallest absolute Gasteiger partial charge is 0.0593 e. The first-order valence-corrected chi connectivity index (χ1v) is 8.56. The van der Waals surface area contributed by atoms with E-state index in [0.29, 0.717) is 5.92 Å². The molecule has 6 nitrogen and oxygen atoms in total. The summed E-state index contributed by atoms with van der Waals surface area (Å²) in [5.74, 6) is 0.442. The van der Waals surface area contributed by atoms with Gasteiger partial charge in [0.1, 0.15) is 0 Å². The lowest BCUT2D eigenvalue weighted by molar-refractivity contribution is 0.0671. The van der Waals surface area contributed by atoms with Gasteiger partial charge in [0.2, 0.25) is 0 Å². The third-order valence-electron chi connectivity index (χ3n) is 4.29. The summed E-state index contributed by atoms with van der Waals surface area (Å²) in [6.07, 6.45) is 3.75. The zero-order valence-electron chi connectivity index (χ0n) is 14.6. The monoisotopic (exact) mass is 329 g/mol. The first-order chi connectivity index (χ1) is 11.7. The van der Waals surface area contributed by atoms with Crippen molar-refractivity contribution < 1.29 is 4.74 Å². The molecule has 6 heteroatoms. The van der Waals surface area contributed by atoms with Crippen molar-refractivity contribution in [2.45, 2.75) is 19.6 Å². The predicted molar refractivity (Wildman–Crippen MR) is 93.4 cm³/mol. The highest BCUT2D eigenvalue weighted by molar-refractivity contribution is 5.06. The quantitative estimate of drug-likeness (QED) is 0.720. The molecule has 0 aliphatic carbocycles. The number of hydrogen-bond donors (Lipinski definition) is 0. The van der Waals surface area contributed by atoms with E-state index in [9.17, 15) is 0 Å². The third-order valence-corrected chi connectivity index (χ3v) is 4.29. The summed E-state index contributed by atoms with van der Waals surface area (Å²) in [4.78, 5) is 9.06. The van der Waals surface area contributed by atoms with Crippen LogP contribution in [0.15, 0.2) is 36.7 Å². The van der Waals surface area contributed by atoms with Gasteiger partial charge in [0.15, 0.2) is 0 Å². The van der Waals surface area contributed by atoms with Gasteiger partial charge in [0.05, 0.1) is 24.6 Å². The van der Waals surface area contributed by atoms with Crippen LogP contribution in [0.2, 0.25) is 0 Å². The minimum atomic E-state index is 0.442. The minimum Gasteiger partial charge on any atom is -0.380 e. The molecule has 130 valence electrons. The molecule has 1 aliphatic rings. The number of rotatable bonds is 7. The molecule has 24 heavy (non-hydrogen) atoms. The molecule has 1 aliphatic heterocycles. The molecule has 3 heterocycles. The van der Waals surface area contributed by atoms with E-state index in [4.69, 9.17) is 4.74 Å². The molecule has 0 amide bonds. The van der Waals surface area contributed by atoms with Crippen LogP contribution in [0.5, 0.6) is 0 Å². The predicted octanol–water partition coefficient (Wildman–Crippen LogP) is 1.49. The Bertz CT molecular complexity index is 613. The lowest BCUT2D eigenvalue weighted by atomic mass is 10.1. The highest BCUT2D eigenvalue weighted by Crippen LogP contribution is 2.18. The summed E-state index contributed by atoms with van der Waals surface area (Å²) < 4.78 is 8.03. The fourth-order valence-electron chi connectivity index (χ4n) is 3.06. The van der Waals surface area contributed by atoms with Crippen LogP contribution in [0.4, 0.5) is 0 Å². The van der Waals surface area contributed by atoms with Crippen molar-refractivity contribution in [3.63, 3.8) is 0 Å². The fraction of sp³-hybridized carbons (Fsp3) is 0.556. The molecule has 3 rings (SSSR count). The lowest BCUT2D eigenvalue weighted by Gasteiger charge is -2.23. The number of nitrogens with zero attached hydrogens (tertiary/aromatic N) is 5. The lowest BCUT2D eigenvalue weighted by Crippen LogP contribution is -2.31. The highest BCUT2D eigenvalue weighted by Gasteiger charge is 2.22. The second-order valence-electron chi connectivity index (χ2n) is 6.74. The number of pyridine rings is 1. The Balaban J connectivity index is 1.62. The number of likely N-dealkylation sites (N-methyl/N-ethyl adjacent to an activating group) is 1. The summed E-state index contributed by atoms with van der Waals surface area (Å²) in [6.45, 7) is 6.19. The molecule has 0 N–H and O–H groups in total. The van der Waals surface area contributed by atoms with Crippen molar-refractivity contribution >= 4 is 0 Å². The maximum Gasteiger partial charge on any atom is 0.0593 e. The normalized spacial score (nSPS) is 18.5. The number of fused-ring (bicyclic) bond motifs is 1. The molecular weight excluding hydrogens is 302 g/mol. The van der Waals surface area contributed by atoms with Crippen LogP contribution in [0.1, 0.15) is 11.4 Å². The zero-order chi connectivity index (χ0) is 16.8. The minimum absolute atomic E-state index is 0.442. The Morgan fingerprint density at radius 3 is 2.92 bits per heavy atom. The van der Waals surface area contributed by atoms with E-state index < -0.39 is 0 Å². The maximum absolute atomic E-state index is 5.90. The summed E-state index contributed by atoms with van der Waals surface area (Å²) in [6, 6.07) is 8.21. The average Bonchev–Trinajstić information content (AvgIpc) is 2.92. The van der Waals surface area contributed by atoms with Crippen molar-refractivity contribution in [1.29, 1.82) is 0 Å². The Kier molecular flexibility index (Phi) is 5.96. The van der Waals surface area contributed by atoms with E-state index in [0.717, 1.165) is 51.6 Å². The molecule has 0 aromatic carbocycles. The van der Waals surface area contributed by atoms with E-state index in [1.807, 2.05) is 24.5 Å². The van der Waals surface area contributed by atoms with E-state index >= 15 is 0 Å². The molecule has 0 spiro atoms. The Morgan fingerprint density at radius 1 is 1.21 bits per heavy atom. The number of hydrogen-bond acceptors (Lipinski definition) is 5. The van der Waals surface area contributed by atoms with Gasteiger partial charge in [-0.05, 0) is 32.3 Å². The van der Waals surface area contributed by atoms with Crippen LogP contribution in [0.3, 0.4) is 0 Å². The molecular formula is C18H27N5O. The standard InChI is InChI=1S/C18H27N5O/c1-21(2)9-10-24-15-16-11-22(13-17-5-3-4-7-19-17)14-18-6-8-20-23(18)12-16/h3-8,16H,9-15H2,1-2H3/t16-/m0/s1. The largest absolute Gasteiger partial charge is 0.380 e. The van der Waals surface area contributed by atoms with Crippen molar-refractivity contribution in [1.82, 2.24) is 24.6 Å². The van der Waals surface area contributed by atoms with Crippen LogP contribution in [0, 0.1) is 5.92 Å². The molecule has 0 radical (unpaired) electrons. The maximum atomic E-state index is 5.90. The van der Waals surface area contributed by atoms with Gasteiger partial charge in [-0.3, -0.25) is 14.6 Å². The second kappa shape index (κ2) is 8.37. The molecule has 0 unspecified atom stereocenters. The van der Waals surface area contributed by atoms with Gasteiger partial charge in [-0.1, -0.05) is 6.07 Å². The van der Waals surface area contributed by atoms with Gasteiger partial charge in [-0.15, -0.1) is 0 Å². The fourth-order valence-corrected chi connectivity index (χ4v) is 3.06. The van der Waals surface area contributed by atoms with Gasteiger partial charge in [0, 0.05) is 51.0 Å². The van der Waals surface area contributed by atoms with Crippen molar-refractivity contribution in [3.8, 4) is 0 Å². The Labute approximate surface area is 144 Å². The van der Waals surface area contributed by atoms with E-state index in [-0.39, 0.29) is 0 Å². The van der Waals surface area contributed by atoms with Crippen LogP contribution >= 0.6 is 0 Å². The van der Waals surface area contributed by atoms with Crippen LogP contribution in [-0.4, -0.2) is 65.0 Å². The van der Waals surface area contributed by atoms with E-state index in [1.54, 1.807) is 0 Å². The first-order valence-electron chi connectivity index (χ1n) is 8.56. The topological polar surface area (TPSA) is 46.4 Å². The van der Waals surface area contributed by atoms with Gasteiger partial charge in [-0.25, -0.2) is 0 Å². The van der Waals surface area contributed by atoms with Crippen LogP contribution in [-0.2, 0) is 24.4 Å². The zero-order valence-corrected chi connectivity index (χ0v) is 14.6. The molecule has 2 aromatic rings. The Hall–Kier alpha value is -1.76. The summed E-state index contributed by atoms with van der Waals surface area (Å²) in [5.41, 5.74) is 2.37. The third kappa shape index (κ3) is 4.87. The van der Waals surface area contributed by atoms with Crippen LogP contribution in [0.25, 0.3) is 0 Å². The SMILES string of the molecule is CN(C)CCOC[C@H]1CN(Cc2ccccn2)Cc2ccnn2C1. The second-order valence-corrected chi connectivity index (χ2v) is 6.74. The highest BCUT2D eigenvalue weighted by atomic mass is 16.5. The van der Waals surface area contributed by atoms with Crippen molar-refractivity contribution in [3.05, 3.63) is 48.0 Å². The molecule has 2 aromatic heterocycles. The number of ether oxygens (including phenoxy) is 1. The van der Waals surface area contributed by atoms with Crippen LogP contribution < -0.4 is 0 Å². The molecule has 0 saturated heterocycles. The molecule has 0 saturated carbocycles. The first kappa shape index (κ1) is 17.1. The van der Waals surface area contributed by atoms with E-state index in [1.165, 1.54) is 5.69 Å². The van der Waals surface area contributed by atoms with Crippen molar-refractivity contribution in [2.24, 2.45) is 5.92 Å². The molecule has 0 bridgehead atoms. The van der Waals surface area contributed by atoms with Crippen molar-refractivity contribution in [2.75, 3.05) is 40.4 Å². The molecule has 1 atom stereocenters. The van der Waals surface area contributed by atoms with Gasteiger partial charge < -0.3 is 9.64 Å². The summed E-state index contributed by atoms with van der Waals surface area (Å²) >= 11 is 0.